The molecule has 2 fully saturated rings. The molecule has 0 aromatic heterocycles. The van der Waals surface area contributed by atoms with Gasteiger partial charge in [0.15, 0.2) is 6.20 Å². The van der Waals surface area contributed by atoms with Crippen LogP contribution in [0, 0.1) is 5.92 Å². The van der Waals surface area contributed by atoms with Crippen LogP contribution < -0.4 is 0 Å². The summed E-state index contributed by atoms with van der Waals surface area (Å²) in [7, 11) is 1.99. The van der Waals surface area contributed by atoms with Crippen molar-refractivity contribution in [3.8, 4) is 5.75 Å². The van der Waals surface area contributed by atoms with E-state index in [1.807, 2.05) is 7.05 Å². The minimum absolute atomic E-state index is 0.00835. The second kappa shape index (κ2) is 6.52. The lowest BCUT2D eigenvalue weighted by Crippen LogP contribution is -2.63. The van der Waals surface area contributed by atoms with Gasteiger partial charge in [0, 0.05) is 31.2 Å². The van der Waals surface area contributed by atoms with Crippen molar-refractivity contribution < 1.29 is 32.4 Å². The van der Waals surface area contributed by atoms with Crippen LogP contribution in [-0.4, -0.2) is 65.4 Å². The second-order valence-electron chi connectivity index (χ2n) is 7.38. The quantitative estimate of drug-likeness (QED) is 0.781. The van der Waals surface area contributed by atoms with Gasteiger partial charge in [0.05, 0.1) is 11.8 Å². The molecule has 2 saturated heterocycles. The summed E-state index contributed by atoms with van der Waals surface area (Å²) < 4.78 is 45.6. The third-order valence-corrected chi connectivity index (χ3v) is 5.38. The van der Waals surface area contributed by atoms with E-state index >= 15 is 0 Å². The summed E-state index contributed by atoms with van der Waals surface area (Å²) in [6, 6.07) is 2.53. The Hall–Kier alpha value is -2.52. The second-order valence-corrected chi connectivity index (χ2v) is 7.38. The van der Waals surface area contributed by atoms with Gasteiger partial charge < -0.3 is 14.7 Å². The van der Waals surface area contributed by atoms with Gasteiger partial charge in [-0.1, -0.05) is 4.99 Å². The van der Waals surface area contributed by atoms with E-state index in [0.717, 1.165) is 31.6 Å². The van der Waals surface area contributed by atoms with E-state index < -0.39 is 23.4 Å². The maximum atomic E-state index is 12.9. The Balaban J connectivity index is 1.61. The topological polar surface area (TPSA) is 65.1 Å². The molecule has 3 aliphatic heterocycles. The molecule has 3 aliphatic rings. The maximum Gasteiger partial charge on any atom is 0.416 e. The standard InChI is InChI=1S/C19H18F3N3O3/c1-24-9-18(10-24)13(4-5-28-18)8-25-11-23-7-15(17(25)27)14-3-2-12(6-16(14)26)19(20,21)22/h2-3,6-8,11,13H,4-5,9-10H2,1H3/p+1. The summed E-state index contributed by atoms with van der Waals surface area (Å²) in [5.41, 5.74) is -1.25. The first kappa shape index (κ1) is 18.8. The molecule has 148 valence electrons. The molecule has 0 saturated carbocycles. The van der Waals surface area contributed by atoms with Crippen LogP contribution in [0.2, 0.25) is 0 Å². The molecule has 4 rings (SSSR count). The highest BCUT2D eigenvalue weighted by atomic mass is 19.4. The van der Waals surface area contributed by atoms with E-state index in [0.29, 0.717) is 12.7 Å². The van der Waals surface area contributed by atoms with Crippen molar-refractivity contribution in [1.29, 1.82) is 0 Å². The number of ether oxygens (including phenoxy) is 1. The number of aromatic hydroxyl groups is 1. The molecule has 1 amide bonds. The summed E-state index contributed by atoms with van der Waals surface area (Å²) in [5.74, 6) is -1.05. The third kappa shape index (κ3) is 3.14. The normalized spacial score (nSPS) is 26.0. The van der Waals surface area contributed by atoms with Crippen LogP contribution in [0.4, 0.5) is 13.2 Å². The number of aliphatic imine (C=N–C) groups is 1. The zero-order valence-electron chi connectivity index (χ0n) is 15.1. The van der Waals surface area contributed by atoms with Gasteiger partial charge in [-0.05, 0) is 31.7 Å². The number of benzene rings is 1. The Bertz CT molecular complexity index is 915. The summed E-state index contributed by atoms with van der Waals surface area (Å²) in [4.78, 5) is 19.0. The molecule has 1 aromatic carbocycles. The Kier molecular flexibility index (Phi) is 4.39. The van der Waals surface area contributed by atoms with E-state index in [-0.39, 0.29) is 22.7 Å². The largest absolute Gasteiger partial charge is 0.507 e. The molecule has 28 heavy (non-hydrogen) atoms. The molecule has 0 aliphatic carbocycles. The van der Waals surface area contributed by atoms with Crippen LogP contribution in [-0.2, 0) is 15.7 Å². The van der Waals surface area contributed by atoms with Gasteiger partial charge in [-0.25, -0.2) is 4.79 Å². The van der Waals surface area contributed by atoms with E-state index in [4.69, 9.17) is 4.74 Å². The number of hydrogen-bond donors (Lipinski definition) is 1. The van der Waals surface area contributed by atoms with Gasteiger partial charge in [0.1, 0.15) is 16.9 Å². The van der Waals surface area contributed by atoms with Crippen LogP contribution in [0.1, 0.15) is 17.5 Å². The van der Waals surface area contributed by atoms with E-state index in [9.17, 15) is 23.1 Å². The fraction of sp³-hybridized carbons (Fsp3) is 0.421. The molecule has 1 atom stereocenters. The number of likely N-dealkylation sites (tertiary alicyclic amines) is 1. The molecule has 1 unspecified atom stereocenters. The molecular weight excluding hydrogens is 375 g/mol. The molecular formula is C19H19F3N3O3+. The number of alkyl halides is 3. The molecule has 9 heteroatoms. The monoisotopic (exact) mass is 394 g/mol. The van der Waals surface area contributed by atoms with Gasteiger partial charge >= 0.3 is 12.1 Å². The van der Waals surface area contributed by atoms with Gasteiger partial charge in [-0.2, -0.15) is 17.7 Å². The molecule has 1 spiro atoms. The van der Waals surface area contributed by atoms with E-state index in [1.165, 1.54) is 17.1 Å². The van der Waals surface area contributed by atoms with Crippen LogP contribution in [0.25, 0.3) is 5.57 Å². The minimum Gasteiger partial charge on any atom is -0.507 e. The number of halogens is 3. The lowest BCUT2D eigenvalue weighted by Gasteiger charge is -2.47. The molecule has 0 radical (unpaired) electrons. The lowest BCUT2D eigenvalue weighted by molar-refractivity contribution is -0.323. The number of phenols is 1. The zero-order valence-corrected chi connectivity index (χ0v) is 15.1. The minimum atomic E-state index is -4.58. The van der Waals surface area contributed by atoms with Crippen molar-refractivity contribution in [1.82, 2.24) is 4.90 Å². The van der Waals surface area contributed by atoms with Crippen LogP contribution in [0.5, 0.6) is 5.75 Å². The number of phenolic OH excluding ortho intramolecular Hbond substituents is 1. The first-order valence-corrected chi connectivity index (χ1v) is 8.84. The summed E-state index contributed by atoms with van der Waals surface area (Å²) in [5, 5.41) is 10.1. The summed E-state index contributed by atoms with van der Waals surface area (Å²) >= 11 is 0. The van der Waals surface area contributed by atoms with Crippen molar-refractivity contribution in [3.63, 3.8) is 0 Å². The summed E-state index contributed by atoms with van der Waals surface area (Å²) in [6.07, 6.45) is 0.566. The van der Waals surface area contributed by atoms with Crippen LogP contribution in [0.3, 0.4) is 0 Å². The highest BCUT2D eigenvalue weighted by Gasteiger charge is 2.52. The average Bonchev–Trinajstić information content (AvgIpc) is 2.99. The lowest BCUT2D eigenvalue weighted by atomic mass is 9.82. The zero-order chi connectivity index (χ0) is 20.1. The average molecular weight is 394 g/mol. The first-order chi connectivity index (χ1) is 13.2. The highest BCUT2D eigenvalue weighted by molar-refractivity contribution is 6.19. The maximum absolute atomic E-state index is 12.9. The number of rotatable bonds is 2. The molecule has 0 bridgehead atoms. The van der Waals surface area contributed by atoms with E-state index in [2.05, 4.69) is 9.89 Å². The van der Waals surface area contributed by atoms with Crippen molar-refractivity contribution >= 4 is 24.0 Å². The van der Waals surface area contributed by atoms with Gasteiger partial charge in [0.25, 0.3) is 6.34 Å². The molecule has 1 aromatic rings. The third-order valence-electron chi connectivity index (χ3n) is 5.38. The predicted octanol–water partition coefficient (Wildman–Crippen LogP) is 2.12. The SMILES string of the molecule is CN1CC2(C1)OCCC2C=[N+]1C=NC=C(c2ccc(C(F)(F)F)cc2O)C1=O. The number of nitrogens with zero attached hydrogens (tertiary/aromatic N) is 3. The molecule has 1 N–H and O–H groups in total. The smallest absolute Gasteiger partial charge is 0.416 e. The first-order valence-electron chi connectivity index (χ1n) is 8.84. The van der Waals surface area contributed by atoms with Gasteiger partial charge in [-0.15, -0.1) is 0 Å². The summed E-state index contributed by atoms with van der Waals surface area (Å²) in [6.45, 7) is 2.15. The van der Waals surface area contributed by atoms with Crippen molar-refractivity contribution in [2.24, 2.45) is 10.9 Å². The van der Waals surface area contributed by atoms with Gasteiger partial charge in [0.2, 0.25) is 0 Å². The number of hydrogen-bond acceptors (Lipinski definition) is 5. The van der Waals surface area contributed by atoms with Crippen LogP contribution in [0.15, 0.2) is 29.4 Å². The molecule has 3 heterocycles. The van der Waals surface area contributed by atoms with Crippen molar-refractivity contribution in [3.05, 3.63) is 35.5 Å². The Labute approximate surface area is 159 Å². The van der Waals surface area contributed by atoms with Crippen molar-refractivity contribution in [2.75, 3.05) is 26.7 Å². The Morgan fingerprint density at radius 2 is 2.14 bits per heavy atom. The highest BCUT2D eigenvalue weighted by Crippen LogP contribution is 2.39. The van der Waals surface area contributed by atoms with Gasteiger partial charge in [-0.3, -0.25) is 0 Å². The van der Waals surface area contributed by atoms with Crippen LogP contribution >= 0.6 is 0 Å². The number of carbonyl (C=O) groups excluding carboxylic acids is 1. The fourth-order valence-electron chi connectivity index (χ4n) is 4.01. The Morgan fingerprint density at radius 3 is 2.79 bits per heavy atom. The Morgan fingerprint density at radius 1 is 1.39 bits per heavy atom. The number of carbonyl (C=O) groups is 1. The van der Waals surface area contributed by atoms with E-state index in [1.54, 1.807) is 6.21 Å². The molecule has 6 nitrogen and oxygen atoms in total. The van der Waals surface area contributed by atoms with Crippen molar-refractivity contribution in [2.45, 2.75) is 18.2 Å². The predicted molar refractivity (Wildman–Crippen MR) is 95.2 cm³/mol. The number of likely N-dealkylation sites (N-methyl/N-ethyl adjacent to an activating group) is 1. The number of amides is 1. The fourth-order valence-corrected chi connectivity index (χ4v) is 4.01.